The number of aromatic nitrogens is 1. The van der Waals surface area contributed by atoms with E-state index >= 15 is 0 Å². The molecule has 1 amide bonds. The Kier molecular flexibility index (Phi) is 10.6. The highest BCUT2D eigenvalue weighted by atomic mass is 35.5. The summed E-state index contributed by atoms with van der Waals surface area (Å²) in [7, 11) is 3.78. The van der Waals surface area contributed by atoms with Crippen molar-refractivity contribution in [3.05, 3.63) is 78.2 Å². The number of nitrogens with one attached hydrogen (secondary N) is 1. The van der Waals surface area contributed by atoms with E-state index in [1.807, 2.05) is 6.92 Å². The van der Waals surface area contributed by atoms with Crippen LogP contribution in [0.3, 0.4) is 0 Å². The quantitative estimate of drug-likeness (QED) is 0.220. The van der Waals surface area contributed by atoms with Gasteiger partial charge >= 0.3 is 0 Å². The van der Waals surface area contributed by atoms with Crippen molar-refractivity contribution in [3.63, 3.8) is 0 Å². The summed E-state index contributed by atoms with van der Waals surface area (Å²) in [6, 6.07) is 8.80. The molecule has 1 aliphatic rings. The minimum atomic E-state index is -0.312. The Morgan fingerprint density at radius 1 is 1.29 bits per heavy atom. The molecule has 0 spiro atoms. The van der Waals surface area contributed by atoms with Gasteiger partial charge in [0.2, 0.25) is 5.91 Å². The van der Waals surface area contributed by atoms with Crippen molar-refractivity contribution in [2.45, 2.75) is 26.3 Å². The summed E-state index contributed by atoms with van der Waals surface area (Å²) in [6.45, 7) is 15.9. The molecule has 1 aliphatic heterocycles. The number of rotatable bonds is 11. The van der Waals surface area contributed by atoms with Crippen LogP contribution in [0.25, 0.3) is 0 Å². The topological polar surface area (TPSA) is 79.3 Å². The molecule has 1 aromatic heterocycles. The Balaban J connectivity index is 1.89. The highest BCUT2D eigenvalue weighted by molar-refractivity contribution is 6.32. The average Bonchev–Trinajstić information content (AvgIpc) is 2.92. The van der Waals surface area contributed by atoms with Gasteiger partial charge in [0.25, 0.3) is 0 Å². The number of amides is 1. The number of likely N-dealkylation sites (N-methyl/N-ethyl adjacent to an activating group) is 1. The summed E-state index contributed by atoms with van der Waals surface area (Å²) in [4.78, 5) is 25.6. The predicted octanol–water partition coefficient (Wildman–Crippen LogP) is 5.86. The van der Waals surface area contributed by atoms with Crippen LogP contribution in [0.1, 0.15) is 20.3 Å². The number of pyridine rings is 1. The first-order chi connectivity index (χ1) is 18.2. The maximum atomic E-state index is 11.6. The predicted molar refractivity (Wildman–Crippen MR) is 155 cm³/mol. The van der Waals surface area contributed by atoms with E-state index in [1.54, 1.807) is 37.4 Å². The molecule has 9 heteroatoms. The Hall–Kier alpha value is -3.46. The SMILES string of the molecule is C=CC(=O)Nc1cccc(Oc2cc(N=C(C(=C)CC)C(=CC(C)N3CCN(C)CC3)OC)ncc2Cl)c1. The van der Waals surface area contributed by atoms with Crippen molar-refractivity contribution < 1.29 is 14.3 Å². The van der Waals surface area contributed by atoms with E-state index in [1.165, 1.54) is 12.3 Å². The number of carbonyl (C=O) groups excluding carboxylic acids is 1. The Morgan fingerprint density at radius 3 is 2.68 bits per heavy atom. The number of benzene rings is 1. The maximum absolute atomic E-state index is 11.6. The van der Waals surface area contributed by atoms with Gasteiger partial charge in [0.15, 0.2) is 11.6 Å². The van der Waals surface area contributed by atoms with E-state index in [2.05, 4.69) is 53.3 Å². The third-order valence-electron chi connectivity index (χ3n) is 6.27. The second-order valence-corrected chi connectivity index (χ2v) is 9.44. The summed E-state index contributed by atoms with van der Waals surface area (Å²) in [5.74, 6) is 1.61. The number of methoxy groups -OCH3 is 1. The van der Waals surface area contributed by atoms with Gasteiger partial charge in [-0.3, -0.25) is 9.69 Å². The van der Waals surface area contributed by atoms with Gasteiger partial charge in [-0.15, -0.1) is 0 Å². The zero-order valence-corrected chi connectivity index (χ0v) is 23.3. The molecule has 0 saturated carbocycles. The number of nitrogens with zero attached hydrogens (tertiary/aromatic N) is 4. The van der Waals surface area contributed by atoms with Crippen molar-refractivity contribution in [1.82, 2.24) is 14.8 Å². The lowest BCUT2D eigenvalue weighted by molar-refractivity contribution is -0.111. The van der Waals surface area contributed by atoms with E-state index < -0.39 is 0 Å². The Morgan fingerprint density at radius 2 is 2.03 bits per heavy atom. The highest BCUT2D eigenvalue weighted by Crippen LogP contribution is 2.33. The lowest BCUT2D eigenvalue weighted by Crippen LogP contribution is -2.47. The molecule has 0 aliphatic carbocycles. The Bertz CT molecular complexity index is 1220. The standard InChI is InChI=1S/C29H36ClN5O3/c1-7-20(3)29(26(37-6)16-21(4)35-14-12-34(5)13-15-35)33-27-18-25(24(30)19-31-27)38-23-11-9-10-22(17-23)32-28(36)8-2/h8-11,16-19,21H,2-3,7,12-15H2,1,4-6H3,(H,32,36). The van der Waals surface area contributed by atoms with Gasteiger partial charge in [0, 0.05) is 50.0 Å². The minimum Gasteiger partial charge on any atom is -0.495 e. The first-order valence-electron chi connectivity index (χ1n) is 12.6. The maximum Gasteiger partial charge on any atom is 0.247 e. The van der Waals surface area contributed by atoms with E-state index in [9.17, 15) is 4.79 Å². The van der Waals surface area contributed by atoms with Crippen molar-refractivity contribution in [2.24, 2.45) is 4.99 Å². The van der Waals surface area contributed by atoms with Crippen LogP contribution in [0.5, 0.6) is 11.5 Å². The van der Waals surface area contributed by atoms with E-state index in [4.69, 9.17) is 26.1 Å². The molecule has 1 unspecified atom stereocenters. The van der Waals surface area contributed by atoms with Crippen LogP contribution in [0, 0.1) is 0 Å². The fourth-order valence-corrected chi connectivity index (χ4v) is 4.04. The summed E-state index contributed by atoms with van der Waals surface area (Å²) in [6.07, 6.45) is 5.48. The van der Waals surface area contributed by atoms with Gasteiger partial charge in [-0.2, -0.15) is 0 Å². The molecular weight excluding hydrogens is 502 g/mol. The van der Waals surface area contributed by atoms with Crippen LogP contribution in [-0.2, 0) is 9.53 Å². The molecule has 1 N–H and O–H groups in total. The lowest BCUT2D eigenvalue weighted by Gasteiger charge is -2.35. The lowest BCUT2D eigenvalue weighted by atomic mass is 10.1. The normalized spacial score (nSPS) is 16.0. The van der Waals surface area contributed by atoms with Crippen molar-refractivity contribution in [1.29, 1.82) is 0 Å². The third kappa shape index (κ3) is 8.02. The van der Waals surface area contributed by atoms with Crippen LogP contribution in [0.15, 0.2) is 78.2 Å². The van der Waals surface area contributed by atoms with E-state index in [-0.39, 0.29) is 11.9 Å². The second-order valence-electron chi connectivity index (χ2n) is 9.03. The molecule has 1 atom stereocenters. The second kappa shape index (κ2) is 13.9. The smallest absolute Gasteiger partial charge is 0.247 e. The first-order valence-corrected chi connectivity index (χ1v) is 12.9. The van der Waals surface area contributed by atoms with E-state index in [0.29, 0.717) is 45.9 Å². The van der Waals surface area contributed by atoms with Crippen LogP contribution in [0.4, 0.5) is 11.5 Å². The van der Waals surface area contributed by atoms with Crippen LogP contribution >= 0.6 is 11.6 Å². The largest absolute Gasteiger partial charge is 0.495 e. The fraction of sp³-hybridized carbons (Fsp3) is 0.345. The third-order valence-corrected chi connectivity index (χ3v) is 6.55. The molecule has 202 valence electrons. The molecule has 3 rings (SSSR count). The summed E-state index contributed by atoms with van der Waals surface area (Å²) in [5.41, 5.74) is 2.03. The molecule has 8 nitrogen and oxygen atoms in total. The number of hydrogen-bond donors (Lipinski definition) is 1. The van der Waals surface area contributed by atoms with Gasteiger partial charge in [0.1, 0.15) is 22.2 Å². The summed E-state index contributed by atoms with van der Waals surface area (Å²) < 4.78 is 11.8. The summed E-state index contributed by atoms with van der Waals surface area (Å²) >= 11 is 6.39. The number of hydrogen-bond acceptors (Lipinski definition) is 7. The number of halogens is 1. The molecule has 0 bridgehead atoms. The molecule has 2 heterocycles. The average molecular weight is 538 g/mol. The number of piperazine rings is 1. The molecular formula is C29H36ClN5O3. The van der Waals surface area contributed by atoms with Gasteiger partial charge in [0.05, 0.1) is 13.3 Å². The monoisotopic (exact) mass is 537 g/mol. The van der Waals surface area contributed by atoms with Crippen LogP contribution in [-0.4, -0.2) is 72.8 Å². The number of anilines is 1. The molecule has 1 saturated heterocycles. The van der Waals surface area contributed by atoms with Gasteiger partial charge in [-0.1, -0.05) is 37.7 Å². The Labute approximate surface area is 230 Å². The number of carbonyl (C=O) groups is 1. The zero-order chi connectivity index (χ0) is 27.7. The van der Waals surface area contributed by atoms with Crippen LogP contribution in [0.2, 0.25) is 5.02 Å². The molecule has 38 heavy (non-hydrogen) atoms. The molecule has 0 radical (unpaired) electrons. The van der Waals surface area contributed by atoms with Crippen molar-refractivity contribution >= 4 is 34.7 Å². The molecule has 1 fully saturated rings. The van der Waals surface area contributed by atoms with Crippen molar-refractivity contribution in [2.75, 3.05) is 45.7 Å². The van der Waals surface area contributed by atoms with Crippen LogP contribution < -0.4 is 10.1 Å². The molecule has 1 aromatic carbocycles. The van der Waals surface area contributed by atoms with Gasteiger partial charge in [-0.05, 0) is 50.3 Å². The summed E-state index contributed by atoms with van der Waals surface area (Å²) in [5, 5.41) is 3.03. The van der Waals surface area contributed by atoms with Crippen molar-refractivity contribution in [3.8, 4) is 11.5 Å². The fourth-order valence-electron chi connectivity index (χ4n) is 3.89. The minimum absolute atomic E-state index is 0.166. The zero-order valence-electron chi connectivity index (χ0n) is 22.5. The number of allylic oxidation sites excluding steroid dienone is 1. The van der Waals surface area contributed by atoms with Gasteiger partial charge < -0.3 is 19.7 Å². The first kappa shape index (κ1) is 29.1. The van der Waals surface area contributed by atoms with Gasteiger partial charge in [-0.25, -0.2) is 9.98 Å². The number of ether oxygens (including phenoxy) is 2. The molecule has 2 aromatic rings. The highest BCUT2D eigenvalue weighted by Gasteiger charge is 2.20. The van der Waals surface area contributed by atoms with E-state index in [0.717, 1.165) is 31.8 Å². The number of aliphatic imine (C=N–C) groups is 1.